The van der Waals surface area contributed by atoms with Crippen molar-refractivity contribution in [3.8, 4) is 0 Å². The van der Waals surface area contributed by atoms with Gasteiger partial charge in [-0.3, -0.25) is 0 Å². The maximum atomic E-state index is 6.46. The van der Waals surface area contributed by atoms with Crippen LogP contribution in [0.3, 0.4) is 0 Å². The van der Waals surface area contributed by atoms with Gasteiger partial charge >= 0.3 is 0 Å². The summed E-state index contributed by atoms with van der Waals surface area (Å²) < 4.78 is 0. The van der Waals surface area contributed by atoms with E-state index in [1.54, 1.807) is 0 Å². The monoisotopic (exact) mass is 314 g/mol. The largest absolute Gasteiger partial charge is 0.364 e. The SMILES string of the molecule is CCC1CNC(C(C)C)CN1c1cc(Cl)c(C)cc1Cl. The van der Waals surface area contributed by atoms with Crippen molar-refractivity contribution in [3.05, 3.63) is 27.7 Å². The number of piperazine rings is 1. The minimum absolute atomic E-state index is 0.473. The van der Waals surface area contributed by atoms with Crippen LogP contribution < -0.4 is 10.2 Å². The van der Waals surface area contributed by atoms with Crippen LogP contribution in [0.5, 0.6) is 0 Å². The zero-order valence-corrected chi connectivity index (χ0v) is 14.2. The van der Waals surface area contributed by atoms with Gasteiger partial charge in [0.2, 0.25) is 0 Å². The van der Waals surface area contributed by atoms with Gasteiger partial charge in [-0.25, -0.2) is 0 Å². The highest BCUT2D eigenvalue weighted by Gasteiger charge is 2.29. The number of nitrogens with zero attached hydrogens (tertiary/aromatic N) is 1. The summed E-state index contributed by atoms with van der Waals surface area (Å²) >= 11 is 12.8. The minimum Gasteiger partial charge on any atom is -0.364 e. The lowest BCUT2D eigenvalue weighted by Gasteiger charge is -2.43. The molecule has 1 aromatic carbocycles. The number of hydrogen-bond acceptors (Lipinski definition) is 2. The molecule has 2 nitrogen and oxygen atoms in total. The van der Waals surface area contributed by atoms with Gasteiger partial charge < -0.3 is 10.2 Å². The molecule has 0 radical (unpaired) electrons. The van der Waals surface area contributed by atoms with Gasteiger partial charge in [-0.2, -0.15) is 0 Å². The maximum Gasteiger partial charge on any atom is 0.0643 e. The third-order valence-corrected chi connectivity index (χ3v) is 4.97. The molecule has 0 aromatic heterocycles. The van der Waals surface area contributed by atoms with Crippen LogP contribution in [-0.2, 0) is 0 Å². The van der Waals surface area contributed by atoms with Crippen LogP contribution in [0.25, 0.3) is 0 Å². The van der Waals surface area contributed by atoms with E-state index < -0.39 is 0 Å². The Morgan fingerprint density at radius 3 is 2.60 bits per heavy atom. The summed E-state index contributed by atoms with van der Waals surface area (Å²) in [4.78, 5) is 2.43. The van der Waals surface area contributed by atoms with E-state index in [2.05, 4.69) is 31.0 Å². The molecule has 0 saturated carbocycles. The summed E-state index contributed by atoms with van der Waals surface area (Å²) in [6, 6.07) is 4.96. The molecule has 20 heavy (non-hydrogen) atoms. The van der Waals surface area contributed by atoms with Gasteiger partial charge in [0, 0.05) is 30.2 Å². The number of nitrogens with one attached hydrogen (secondary N) is 1. The van der Waals surface area contributed by atoms with Crippen molar-refractivity contribution in [2.75, 3.05) is 18.0 Å². The lowest BCUT2D eigenvalue weighted by atomic mass is 9.97. The Labute approximate surface area is 132 Å². The first-order valence-electron chi connectivity index (χ1n) is 7.39. The van der Waals surface area contributed by atoms with Crippen molar-refractivity contribution in [1.82, 2.24) is 5.32 Å². The Balaban J connectivity index is 2.33. The van der Waals surface area contributed by atoms with Crippen LogP contribution in [0.15, 0.2) is 12.1 Å². The summed E-state index contributed by atoms with van der Waals surface area (Å²) in [5.41, 5.74) is 2.10. The molecular formula is C16H24Cl2N2. The molecule has 1 aliphatic heterocycles. The van der Waals surface area contributed by atoms with Crippen LogP contribution in [0.4, 0.5) is 5.69 Å². The first-order valence-corrected chi connectivity index (χ1v) is 8.15. The molecule has 0 bridgehead atoms. The van der Waals surface area contributed by atoms with Crippen molar-refractivity contribution in [1.29, 1.82) is 0 Å². The zero-order chi connectivity index (χ0) is 14.9. The molecule has 1 saturated heterocycles. The molecule has 2 atom stereocenters. The number of rotatable bonds is 3. The van der Waals surface area contributed by atoms with Gasteiger partial charge in [0.25, 0.3) is 0 Å². The molecular weight excluding hydrogens is 291 g/mol. The van der Waals surface area contributed by atoms with E-state index in [9.17, 15) is 0 Å². The van der Waals surface area contributed by atoms with Crippen molar-refractivity contribution < 1.29 is 0 Å². The minimum atomic E-state index is 0.473. The summed E-state index contributed by atoms with van der Waals surface area (Å²) in [6.07, 6.45) is 1.10. The average Bonchev–Trinajstić information content (AvgIpc) is 2.42. The van der Waals surface area contributed by atoms with Crippen molar-refractivity contribution in [2.24, 2.45) is 5.92 Å². The van der Waals surface area contributed by atoms with Gasteiger partial charge in [-0.05, 0) is 37.0 Å². The summed E-state index contributed by atoms with van der Waals surface area (Å²) in [5, 5.41) is 5.24. The van der Waals surface area contributed by atoms with E-state index in [-0.39, 0.29) is 0 Å². The lowest BCUT2D eigenvalue weighted by Crippen LogP contribution is -2.58. The standard InChI is InChI=1S/C16H24Cl2N2/c1-5-12-8-19-15(10(2)3)9-20(12)16-7-13(17)11(4)6-14(16)18/h6-7,10,12,15,19H,5,8-9H2,1-4H3. The molecule has 1 aliphatic rings. The molecule has 4 heteroatoms. The average molecular weight is 315 g/mol. The smallest absolute Gasteiger partial charge is 0.0643 e. The van der Waals surface area contributed by atoms with E-state index in [1.165, 1.54) is 0 Å². The molecule has 2 rings (SSSR count). The van der Waals surface area contributed by atoms with Crippen molar-refractivity contribution in [3.63, 3.8) is 0 Å². The molecule has 0 amide bonds. The highest BCUT2D eigenvalue weighted by Crippen LogP contribution is 2.34. The number of benzene rings is 1. The molecule has 1 aromatic rings. The van der Waals surface area contributed by atoms with Crippen LogP contribution in [-0.4, -0.2) is 25.2 Å². The van der Waals surface area contributed by atoms with Gasteiger partial charge in [0.05, 0.1) is 10.7 Å². The lowest BCUT2D eigenvalue weighted by molar-refractivity contribution is 0.325. The topological polar surface area (TPSA) is 15.3 Å². The Morgan fingerprint density at radius 2 is 2.00 bits per heavy atom. The molecule has 0 aliphatic carbocycles. The van der Waals surface area contributed by atoms with Crippen LogP contribution in [0, 0.1) is 12.8 Å². The Morgan fingerprint density at radius 1 is 1.30 bits per heavy atom. The quantitative estimate of drug-likeness (QED) is 0.882. The Hall–Kier alpha value is -0.440. The molecule has 1 fully saturated rings. The number of halogens is 2. The second-order valence-corrected chi connectivity index (χ2v) is 6.84. The van der Waals surface area contributed by atoms with Gasteiger partial charge in [0.1, 0.15) is 0 Å². The fraction of sp³-hybridized carbons (Fsp3) is 0.625. The van der Waals surface area contributed by atoms with Crippen LogP contribution >= 0.6 is 23.2 Å². The molecule has 1 N–H and O–H groups in total. The Kier molecular flexibility index (Phi) is 5.22. The normalized spacial score (nSPS) is 23.4. The third kappa shape index (κ3) is 3.24. The molecule has 1 heterocycles. The molecule has 2 unspecified atom stereocenters. The van der Waals surface area contributed by atoms with Crippen LogP contribution in [0.1, 0.15) is 32.8 Å². The predicted octanol–water partition coefficient (Wildman–Crippen LogP) is 4.51. The number of aryl methyl sites for hydroxylation is 1. The van der Waals surface area contributed by atoms with E-state index in [0.29, 0.717) is 18.0 Å². The zero-order valence-electron chi connectivity index (χ0n) is 12.7. The van der Waals surface area contributed by atoms with Gasteiger partial charge in [-0.15, -0.1) is 0 Å². The Bertz CT molecular complexity index is 474. The molecule has 112 valence electrons. The number of anilines is 1. The first-order chi connectivity index (χ1) is 9.43. The number of hydrogen-bond donors (Lipinski definition) is 1. The van der Waals surface area contributed by atoms with Crippen molar-refractivity contribution in [2.45, 2.75) is 46.2 Å². The van der Waals surface area contributed by atoms with Gasteiger partial charge in [0.15, 0.2) is 0 Å². The first kappa shape index (κ1) is 15.9. The highest BCUT2D eigenvalue weighted by molar-refractivity contribution is 6.35. The van der Waals surface area contributed by atoms with E-state index in [4.69, 9.17) is 23.2 Å². The third-order valence-electron chi connectivity index (χ3n) is 4.26. The maximum absolute atomic E-state index is 6.46. The van der Waals surface area contributed by atoms with E-state index in [0.717, 1.165) is 40.8 Å². The van der Waals surface area contributed by atoms with Gasteiger partial charge in [-0.1, -0.05) is 44.0 Å². The summed E-state index contributed by atoms with van der Waals surface area (Å²) in [6.45, 7) is 10.7. The fourth-order valence-electron chi connectivity index (χ4n) is 2.79. The highest BCUT2D eigenvalue weighted by atomic mass is 35.5. The fourth-order valence-corrected chi connectivity index (χ4v) is 3.27. The summed E-state index contributed by atoms with van der Waals surface area (Å²) in [7, 11) is 0. The second kappa shape index (κ2) is 6.55. The predicted molar refractivity (Wildman–Crippen MR) is 89.3 cm³/mol. The van der Waals surface area contributed by atoms with Crippen molar-refractivity contribution >= 4 is 28.9 Å². The van der Waals surface area contributed by atoms with E-state index >= 15 is 0 Å². The summed E-state index contributed by atoms with van der Waals surface area (Å²) in [5.74, 6) is 0.606. The van der Waals surface area contributed by atoms with Crippen LogP contribution in [0.2, 0.25) is 10.0 Å². The molecule has 0 spiro atoms. The van der Waals surface area contributed by atoms with E-state index in [1.807, 2.05) is 19.1 Å². The second-order valence-electron chi connectivity index (χ2n) is 6.03.